The van der Waals surface area contributed by atoms with Crippen LogP contribution in [0.15, 0.2) is 17.4 Å². The van der Waals surface area contributed by atoms with Crippen LogP contribution in [0.2, 0.25) is 0 Å². The smallest absolute Gasteiger partial charge is 0.256 e. The molecule has 1 aliphatic rings. The lowest BCUT2D eigenvalue weighted by Crippen LogP contribution is -2.31. The number of carbonyl (C=O) groups is 1. The van der Waals surface area contributed by atoms with Crippen LogP contribution >= 0.6 is 0 Å². The van der Waals surface area contributed by atoms with Crippen molar-refractivity contribution >= 4 is 11.9 Å². The van der Waals surface area contributed by atoms with Gasteiger partial charge in [0.2, 0.25) is 0 Å². The quantitative estimate of drug-likeness (QED) is 0.718. The zero-order chi connectivity index (χ0) is 10.8. The van der Waals surface area contributed by atoms with Gasteiger partial charge in [-0.1, -0.05) is 6.92 Å². The first-order valence-electron chi connectivity index (χ1n) is 4.87. The summed E-state index contributed by atoms with van der Waals surface area (Å²) in [7, 11) is 0. The first-order valence-corrected chi connectivity index (χ1v) is 4.87. The number of nitrogens with two attached hydrogens (primary N) is 1. The monoisotopic (exact) mass is 207 g/mol. The summed E-state index contributed by atoms with van der Waals surface area (Å²) in [5.74, 6) is -0.0169. The maximum absolute atomic E-state index is 11.4. The number of rotatable bonds is 3. The van der Waals surface area contributed by atoms with E-state index in [9.17, 15) is 4.79 Å². The number of hydrogen-bond acceptors (Lipinski definition) is 4. The van der Waals surface area contributed by atoms with Crippen LogP contribution in [0.4, 0.5) is 0 Å². The number of carbonyl (C=O) groups excluding carboxylic acids is 1. The Hall–Kier alpha value is -1.85. The predicted octanol–water partition coefficient (Wildman–Crippen LogP) is -0.221. The molecule has 0 fully saturated rings. The Bertz CT molecular complexity index is 408. The molecule has 1 amide bonds. The summed E-state index contributed by atoms with van der Waals surface area (Å²) < 4.78 is 1.80. The normalized spacial score (nSPS) is 20.2. The van der Waals surface area contributed by atoms with Gasteiger partial charge in [0.15, 0.2) is 12.0 Å². The van der Waals surface area contributed by atoms with Crippen LogP contribution in [0.5, 0.6) is 0 Å². The van der Waals surface area contributed by atoms with E-state index in [1.54, 1.807) is 10.9 Å². The highest BCUT2D eigenvalue weighted by Crippen LogP contribution is 2.19. The standard InChI is InChI=1S/C9H13N5O/c1-2-3-14-5-6(4-11-14)7-8(15)13-9(10)12-7/h4-5,7H,2-3H2,1H3,(H3,10,12,13,15). The lowest BCUT2D eigenvalue weighted by molar-refractivity contribution is -0.120. The molecule has 6 heteroatoms. The van der Waals surface area contributed by atoms with E-state index in [1.165, 1.54) is 0 Å². The van der Waals surface area contributed by atoms with Gasteiger partial charge < -0.3 is 5.73 Å². The van der Waals surface area contributed by atoms with Gasteiger partial charge in [0.1, 0.15) is 0 Å². The Balaban J connectivity index is 2.19. The lowest BCUT2D eigenvalue weighted by Gasteiger charge is -1.99. The summed E-state index contributed by atoms with van der Waals surface area (Å²) in [6.07, 6.45) is 4.49. The van der Waals surface area contributed by atoms with Gasteiger partial charge in [0.05, 0.1) is 6.20 Å². The van der Waals surface area contributed by atoms with Crippen LogP contribution in [0.3, 0.4) is 0 Å². The van der Waals surface area contributed by atoms with Crippen LogP contribution in [-0.2, 0) is 11.3 Å². The van der Waals surface area contributed by atoms with Gasteiger partial charge in [0.25, 0.3) is 5.91 Å². The SMILES string of the molecule is CCCn1cc(C2N=C(N)NC2=O)cn1. The summed E-state index contributed by atoms with van der Waals surface area (Å²) in [6, 6.07) is -0.532. The number of guanidine groups is 1. The summed E-state index contributed by atoms with van der Waals surface area (Å²) in [5.41, 5.74) is 6.19. The molecular weight excluding hydrogens is 194 g/mol. The van der Waals surface area contributed by atoms with Gasteiger partial charge in [-0.25, -0.2) is 4.99 Å². The van der Waals surface area contributed by atoms with E-state index in [0.717, 1.165) is 18.5 Å². The van der Waals surface area contributed by atoms with Crippen molar-refractivity contribution in [2.45, 2.75) is 25.9 Å². The fourth-order valence-electron chi connectivity index (χ4n) is 1.52. The number of aryl methyl sites for hydroxylation is 1. The fourth-order valence-corrected chi connectivity index (χ4v) is 1.52. The van der Waals surface area contributed by atoms with Gasteiger partial charge >= 0.3 is 0 Å². The molecule has 15 heavy (non-hydrogen) atoms. The van der Waals surface area contributed by atoms with Crippen LogP contribution in [-0.4, -0.2) is 21.6 Å². The third-order valence-corrected chi connectivity index (χ3v) is 2.19. The molecule has 0 aliphatic carbocycles. The molecule has 3 N–H and O–H groups in total. The Kier molecular flexibility index (Phi) is 2.40. The van der Waals surface area contributed by atoms with Gasteiger partial charge in [-0.2, -0.15) is 5.10 Å². The van der Waals surface area contributed by atoms with Crippen molar-refractivity contribution < 1.29 is 4.79 Å². The van der Waals surface area contributed by atoms with E-state index in [1.807, 2.05) is 6.20 Å². The number of nitrogens with one attached hydrogen (secondary N) is 1. The largest absolute Gasteiger partial charge is 0.370 e. The van der Waals surface area contributed by atoms with Gasteiger partial charge in [0, 0.05) is 18.3 Å². The number of nitrogens with zero attached hydrogens (tertiary/aromatic N) is 3. The highest BCUT2D eigenvalue weighted by atomic mass is 16.2. The minimum absolute atomic E-state index is 0.174. The fraction of sp³-hybridized carbons (Fsp3) is 0.444. The molecule has 0 radical (unpaired) electrons. The summed E-state index contributed by atoms with van der Waals surface area (Å²) in [4.78, 5) is 15.4. The molecule has 0 aromatic carbocycles. The maximum Gasteiger partial charge on any atom is 0.256 e. The second kappa shape index (κ2) is 3.72. The van der Waals surface area contributed by atoms with Crippen molar-refractivity contribution in [3.63, 3.8) is 0 Å². The molecule has 80 valence electrons. The van der Waals surface area contributed by atoms with Crippen molar-refractivity contribution in [3.8, 4) is 0 Å². The predicted molar refractivity (Wildman–Crippen MR) is 55.0 cm³/mol. The number of hydrogen-bond donors (Lipinski definition) is 2. The molecule has 0 bridgehead atoms. The molecule has 0 spiro atoms. The van der Waals surface area contributed by atoms with E-state index in [-0.39, 0.29) is 11.9 Å². The molecule has 0 saturated carbocycles. The molecule has 1 aromatic heterocycles. The maximum atomic E-state index is 11.4. The van der Waals surface area contributed by atoms with Crippen LogP contribution < -0.4 is 11.1 Å². The summed E-state index contributed by atoms with van der Waals surface area (Å²) >= 11 is 0. The topological polar surface area (TPSA) is 85.3 Å². The highest BCUT2D eigenvalue weighted by Gasteiger charge is 2.27. The van der Waals surface area contributed by atoms with Gasteiger partial charge in [-0.15, -0.1) is 0 Å². The Morgan fingerprint density at radius 2 is 2.47 bits per heavy atom. The highest BCUT2D eigenvalue weighted by molar-refractivity contribution is 6.04. The molecule has 1 aromatic rings. The summed E-state index contributed by atoms with van der Waals surface area (Å²) in [6.45, 7) is 2.91. The van der Waals surface area contributed by atoms with Gasteiger partial charge in [-0.3, -0.25) is 14.8 Å². The second-order valence-corrected chi connectivity index (χ2v) is 3.44. The number of amides is 1. The van der Waals surface area contributed by atoms with E-state index in [2.05, 4.69) is 22.3 Å². The van der Waals surface area contributed by atoms with E-state index < -0.39 is 6.04 Å². The van der Waals surface area contributed by atoms with Crippen molar-refractivity contribution in [3.05, 3.63) is 18.0 Å². The molecule has 1 aliphatic heterocycles. The molecule has 6 nitrogen and oxygen atoms in total. The van der Waals surface area contributed by atoms with Crippen molar-refractivity contribution in [1.29, 1.82) is 0 Å². The van der Waals surface area contributed by atoms with E-state index >= 15 is 0 Å². The molecule has 1 unspecified atom stereocenters. The second-order valence-electron chi connectivity index (χ2n) is 3.44. The zero-order valence-electron chi connectivity index (χ0n) is 8.47. The van der Waals surface area contributed by atoms with Gasteiger partial charge in [-0.05, 0) is 6.42 Å². The Labute approximate surface area is 87.2 Å². The third-order valence-electron chi connectivity index (χ3n) is 2.19. The molecular formula is C9H13N5O. The third kappa shape index (κ3) is 1.83. The average Bonchev–Trinajstić information content (AvgIpc) is 2.73. The molecule has 2 rings (SSSR count). The van der Waals surface area contributed by atoms with Crippen LogP contribution in [0.25, 0.3) is 0 Å². The minimum atomic E-state index is -0.532. The zero-order valence-corrected chi connectivity index (χ0v) is 8.47. The average molecular weight is 207 g/mol. The minimum Gasteiger partial charge on any atom is -0.370 e. The molecule has 2 heterocycles. The Morgan fingerprint density at radius 1 is 1.67 bits per heavy atom. The first-order chi connectivity index (χ1) is 7.20. The summed E-state index contributed by atoms with van der Waals surface area (Å²) in [5, 5.41) is 6.59. The first kappa shape index (κ1) is 9.70. The van der Waals surface area contributed by atoms with E-state index in [0.29, 0.717) is 0 Å². The molecule has 0 saturated heterocycles. The van der Waals surface area contributed by atoms with Crippen molar-refractivity contribution in [2.75, 3.05) is 0 Å². The van der Waals surface area contributed by atoms with Crippen LogP contribution in [0.1, 0.15) is 24.9 Å². The van der Waals surface area contributed by atoms with Crippen LogP contribution in [0, 0.1) is 0 Å². The molecule has 1 atom stereocenters. The Morgan fingerprint density at radius 3 is 3.07 bits per heavy atom. The number of aromatic nitrogens is 2. The van der Waals surface area contributed by atoms with Crippen molar-refractivity contribution in [2.24, 2.45) is 10.7 Å². The lowest BCUT2D eigenvalue weighted by atomic mass is 10.2. The van der Waals surface area contributed by atoms with E-state index in [4.69, 9.17) is 5.73 Å². The van der Waals surface area contributed by atoms with Crippen molar-refractivity contribution in [1.82, 2.24) is 15.1 Å². The number of aliphatic imine (C=N–C) groups is 1.